The second kappa shape index (κ2) is 8.51. The Labute approximate surface area is 172 Å². The number of aromatic nitrogens is 1. The molecular formula is C21H18ClN3O2S. The van der Waals surface area contributed by atoms with E-state index in [2.05, 4.69) is 16.4 Å². The SMILES string of the molecule is COc1ccc(Cl)cc1NC(=O)CSc1nc2c(C)ccc(C)c2cc1C#N. The minimum atomic E-state index is -0.239. The Morgan fingerprint density at radius 2 is 2.00 bits per heavy atom. The molecule has 0 aliphatic heterocycles. The molecule has 28 heavy (non-hydrogen) atoms. The summed E-state index contributed by atoms with van der Waals surface area (Å²) >= 11 is 7.22. The Morgan fingerprint density at radius 1 is 1.25 bits per heavy atom. The molecule has 1 amide bonds. The monoisotopic (exact) mass is 411 g/mol. The molecule has 0 unspecified atom stereocenters. The van der Waals surface area contributed by atoms with Gasteiger partial charge in [-0.25, -0.2) is 4.98 Å². The number of rotatable bonds is 5. The molecule has 0 saturated heterocycles. The van der Waals surface area contributed by atoms with Crippen molar-refractivity contribution in [3.05, 3.63) is 58.1 Å². The number of nitriles is 1. The number of methoxy groups -OCH3 is 1. The lowest BCUT2D eigenvalue weighted by atomic mass is 10.0. The minimum Gasteiger partial charge on any atom is -0.495 e. The fourth-order valence-electron chi connectivity index (χ4n) is 2.80. The van der Waals surface area contributed by atoms with Crippen molar-refractivity contribution in [2.75, 3.05) is 18.2 Å². The maximum atomic E-state index is 12.4. The van der Waals surface area contributed by atoms with E-state index in [0.29, 0.717) is 27.0 Å². The van der Waals surface area contributed by atoms with Gasteiger partial charge in [-0.2, -0.15) is 5.26 Å². The van der Waals surface area contributed by atoms with Crippen molar-refractivity contribution < 1.29 is 9.53 Å². The van der Waals surface area contributed by atoms with Gasteiger partial charge in [0, 0.05) is 10.4 Å². The van der Waals surface area contributed by atoms with E-state index in [1.165, 1.54) is 18.9 Å². The van der Waals surface area contributed by atoms with Crippen LogP contribution in [-0.4, -0.2) is 23.8 Å². The molecule has 0 aliphatic rings. The van der Waals surface area contributed by atoms with Gasteiger partial charge in [0.25, 0.3) is 0 Å². The lowest BCUT2D eigenvalue weighted by molar-refractivity contribution is -0.113. The van der Waals surface area contributed by atoms with E-state index in [1.807, 2.05) is 32.0 Å². The van der Waals surface area contributed by atoms with Crippen LogP contribution in [0.4, 0.5) is 5.69 Å². The first-order chi connectivity index (χ1) is 13.4. The van der Waals surface area contributed by atoms with Gasteiger partial charge < -0.3 is 10.1 Å². The van der Waals surface area contributed by atoms with Gasteiger partial charge in [-0.1, -0.05) is 35.5 Å². The molecule has 3 aromatic rings. The van der Waals surface area contributed by atoms with Crippen LogP contribution in [-0.2, 0) is 4.79 Å². The van der Waals surface area contributed by atoms with Crippen LogP contribution in [0, 0.1) is 25.2 Å². The molecule has 0 spiro atoms. The molecule has 2 aromatic carbocycles. The minimum absolute atomic E-state index is 0.105. The molecule has 5 nitrogen and oxygen atoms in total. The molecule has 0 bridgehead atoms. The topological polar surface area (TPSA) is 75.0 Å². The van der Waals surface area contributed by atoms with E-state index >= 15 is 0 Å². The molecule has 0 aliphatic carbocycles. The number of pyridine rings is 1. The smallest absolute Gasteiger partial charge is 0.234 e. The third-order valence-electron chi connectivity index (χ3n) is 4.27. The van der Waals surface area contributed by atoms with Gasteiger partial charge in [0.05, 0.1) is 29.6 Å². The number of amides is 1. The normalized spacial score (nSPS) is 10.5. The number of anilines is 1. The predicted molar refractivity (Wildman–Crippen MR) is 113 cm³/mol. The van der Waals surface area contributed by atoms with Crippen LogP contribution in [0.15, 0.2) is 41.4 Å². The van der Waals surface area contributed by atoms with Crippen LogP contribution in [0.3, 0.4) is 0 Å². The van der Waals surface area contributed by atoms with Gasteiger partial charge in [0.1, 0.15) is 16.8 Å². The number of carbonyl (C=O) groups is 1. The van der Waals surface area contributed by atoms with Gasteiger partial charge in [-0.05, 0) is 49.2 Å². The summed E-state index contributed by atoms with van der Waals surface area (Å²) in [5.74, 6) is 0.390. The van der Waals surface area contributed by atoms with Crippen molar-refractivity contribution >= 4 is 45.9 Å². The number of nitrogens with zero attached hydrogens (tertiary/aromatic N) is 2. The largest absolute Gasteiger partial charge is 0.495 e. The number of fused-ring (bicyclic) bond motifs is 1. The van der Waals surface area contributed by atoms with Crippen LogP contribution >= 0.6 is 23.4 Å². The Kier molecular flexibility index (Phi) is 6.08. The summed E-state index contributed by atoms with van der Waals surface area (Å²) in [5.41, 5.74) is 3.89. The van der Waals surface area contributed by atoms with Crippen molar-refractivity contribution in [1.29, 1.82) is 5.26 Å². The van der Waals surface area contributed by atoms with Gasteiger partial charge in [-0.3, -0.25) is 4.79 Å². The molecule has 3 rings (SSSR count). The highest BCUT2D eigenvalue weighted by Crippen LogP contribution is 2.30. The van der Waals surface area contributed by atoms with E-state index in [0.717, 1.165) is 22.0 Å². The third-order valence-corrected chi connectivity index (χ3v) is 5.49. The number of halogens is 1. The first-order valence-corrected chi connectivity index (χ1v) is 9.86. The summed E-state index contributed by atoms with van der Waals surface area (Å²) in [6, 6.07) is 13.0. The van der Waals surface area contributed by atoms with Crippen LogP contribution in [0.1, 0.15) is 16.7 Å². The highest BCUT2D eigenvalue weighted by atomic mass is 35.5. The lowest BCUT2D eigenvalue weighted by Gasteiger charge is -2.11. The number of aryl methyl sites for hydroxylation is 2. The van der Waals surface area contributed by atoms with E-state index in [9.17, 15) is 10.1 Å². The summed E-state index contributed by atoms with van der Waals surface area (Å²) in [6.45, 7) is 3.97. The van der Waals surface area contributed by atoms with Crippen LogP contribution in [0.5, 0.6) is 5.75 Å². The highest BCUT2D eigenvalue weighted by Gasteiger charge is 2.14. The number of thioether (sulfide) groups is 1. The molecule has 1 heterocycles. The zero-order valence-corrected chi connectivity index (χ0v) is 17.2. The van der Waals surface area contributed by atoms with E-state index in [-0.39, 0.29) is 11.7 Å². The zero-order chi connectivity index (χ0) is 20.3. The fourth-order valence-corrected chi connectivity index (χ4v) is 3.73. The number of carbonyl (C=O) groups excluding carboxylic acids is 1. The van der Waals surface area contributed by atoms with Crippen molar-refractivity contribution in [2.24, 2.45) is 0 Å². The summed E-state index contributed by atoms with van der Waals surface area (Å²) in [6.07, 6.45) is 0. The van der Waals surface area contributed by atoms with E-state index in [4.69, 9.17) is 16.3 Å². The third kappa shape index (κ3) is 4.22. The molecule has 0 fully saturated rings. The van der Waals surface area contributed by atoms with Crippen LogP contribution in [0.25, 0.3) is 10.9 Å². The Bertz CT molecular complexity index is 1110. The van der Waals surface area contributed by atoms with Crippen molar-refractivity contribution in [3.8, 4) is 11.8 Å². The van der Waals surface area contributed by atoms with Crippen LogP contribution < -0.4 is 10.1 Å². The highest BCUT2D eigenvalue weighted by molar-refractivity contribution is 8.00. The first kappa shape index (κ1) is 20.0. The molecule has 1 aromatic heterocycles. The molecule has 1 N–H and O–H groups in total. The van der Waals surface area contributed by atoms with Crippen molar-refractivity contribution in [3.63, 3.8) is 0 Å². The number of hydrogen-bond donors (Lipinski definition) is 1. The summed E-state index contributed by atoms with van der Waals surface area (Å²) in [4.78, 5) is 17.1. The summed E-state index contributed by atoms with van der Waals surface area (Å²) in [5, 5.41) is 14.3. The van der Waals surface area contributed by atoms with Gasteiger partial charge in [-0.15, -0.1) is 0 Å². The summed E-state index contributed by atoms with van der Waals surface area (Å²) < 4.78 is 5.24. The fraction of sp³-hybridized carbons (Fsp3) is 0.190. The van der Waals surface area contributed by atoms with Gasteiger partial charge >= 0.3 is 0 Å². The van der Waals surface area contributed by atoms with E-state index < -0.39 is 0 Å². The second-order valence-corrected chi connectivity index (χ2v) is 7.63. The Morgan fingerprint density at radius 3 is 2.71 bits per heavy atom. The summed E-state index contributed by atoms with van der Waals surface area (Å²) in [7, 11) is 1.52. The first-order valence-electron chi connectivity index (χ1n) is 8.50. The Hall–Kier alpha value is -2.75. The molecule has 0 radical (unpaired) electrons. The molecular weight excluding hydrogens is 394 g/mol. The van der Waals surface area contributed by atoms with E-state index in [1.54, 1.807) is 18.2 Å². The Balaban J connectivity index is 1.82. The van der Waals surface area contributed by atoms with Gasteiger partial charge in [0.15, 0.2) is 0 Å². The number of nitrogens with one attached hydrogen (secondary N) is 1. The molecule has 0 saturated carbocycles. The number of hydrogen-bond acceptors (Lipinski definition) is 5. The standard InChI is InChI=1S/C21H18ClN3O2S/c1-12-4-5-13(2)20-16(12)8-14(10-23)21(25-20)28-11-19(26)24-17-9-15(22)6-7-18(17)27-3/h4-9H,11H2,1-3H3,(H,24,26). The quantitative estimate of drug-likeness (QED) is 0.590. The lowest BCUT2D eigenvalue weighted by Crippen LogP contribution is -2.15. The zero-order valence-electron chi connectivity index (χ0n) is 15.7. The average Bonchev–Trinajstić information content (AvgIpc) is 2.69. The molecule has 0 atom stereocenters. The predicted octanol–water partition coefficient (Wildman–Crippen LogP) is 5.12. The van der Waals surface area contributed by atoms with Crippen molar-refractivity contribution in [2.45, 2.75) is 18.9 Å². The average molecular weight is 412 g/mol. The second-order valence-electron chi connectivity index (χ2n) is 6.23. The van der Waals surface area contributed by atoms with Crippen molar-refractivity contribution in [1.82, 2.24) is 4.98 Å². The maximum absolute atomic E-state index is 12.4. The maximum Gasteiger partial charge on any atom is 0.234 e. The van der Waals surface area contributed by atoms with Crippen LogP contribution in [0.2, 0.25) is 5.02 Å². The molecule has 142 valence electrons. The number of ether oxygens (including phenoxy) is 1. The molecule has 7 heteroatoms. The van der Waals surface area contributed by atoms with Gasteiger partial charge in [0.2, 0.25) is 5.91 Å². The number of benzene rings is 2.